The Bertz CT molecular complexity index is 1280. The number of ether oxygens (including phenoxy) is 1. The number of carbonyl (C=O) groups excluding carboxylic acids is 1. The molecule has 2 heterocycles. The number of fused-ring (bicyclic) bond motifs is 1. The fraction of sp³-hybridized carbons (Fsp3) is 0.208. The summed E-state index contributed by atoms with van der Waals surface area (Å²) in [4.78, 5) is 17.2. The van der Waals surface area contributed by atoms with Gasteiger partial charge in [-0.15, -0.1) is 0 Å². The highest BCUT2D eigenvalue weighted by Gasteiger charge is 2.12. The Morgan fingerprint density at radius 2 is 2.00 bits per heavy atom. The first-order valence-electron chi connectivity index (χ1n) is 10.5. The van der Waals surface area contributed by atoms with Crippen LogP contribution in [0.2, 0.25) is 0 Å². The van der Waals surface area contributed by atoms with E-state index in [1.54, 1.807) is 22.8 Å². The number of carbonyl (C=O) groups is 1. The first-order valence-corrected chi connectivity index (χ1v) is 12.8. The molecule has 2 aromatic carbocycles. The molecule has 0 saturated carbocycles. The molecule has 0 spiro atoms. The van der Waals surface area contributed by atoms with E-state index in [0.717, 1.165) is 39.2 Å². The quantitative estimate of drug-likeness (QED) is 0.148. The number of anilines is 1. The second kappa shape index (κ2) is 11.0. The van der Waals surface area contributed by atoms with Crippen molar-refractivity contribution in [3.05, 3.63) is 76.4 Å². The monoisotopic (exact) mass is 619 g/mol. The predicted molar refractivity (Wildman–Crippen MR) is 142 cm³/mol. The van der Waals surface area contributed by atoms with E-state index in [0.29, 0.717) is 29.0 Å². The Labute approximate surface area is 214 Å². The van der Waals surface area contributed by atoms with Crippen molar-refractivity contribution < 1.29 is 9.53 Å². The third-order valence-electron chi connectivity index (χ3n) is 5.11. The van der Waals surface area contributed by atoms with Crippen LogP contribution in [0.3, 0.4) is 0 Å². The second-order valence-electron chi connectivity index (χ2n) is 7.39. The van der Waals surface area contributed by atoms with Gasteiger partial charge < -0.3 is 15.4 Å². The number of benzene rings is 2. The smallest absolute Gasteiger partial charge is 0.251 e. The summed E-state index contributed by atoms with van der Waals surface area (Å²) in [5, 5.41) is 10.8. The lowest BCUT2D eigenvalue weighted by molar-refractivity contribution is 0.0953. The molecular formula is C24H23BrIN5O2. The largest absolute Gasteiger partial charge is 0.483 e. The molecule has 0 aliphatic carbocycles. The third-order valence-corrected chi connectivity index (χ3v) is 5.98. The fourth-order valence-electron chi connectivity index (χ4n) is 3.46. The molecule has 2 aromatic heterocycles. The summed E-state index contributed by atoms with van der Waals surface area (Å²) in [5.41, 5.74) is 4.46. The summed E-state index contributed by atoms with van der Waals surface area (Å²) in [6.07, 6.45) is 2.49. The second-order valence-corrected chi connectivity index (χ2v) is 8.86. The Morgan fingerprint density at radius 3 is 2.82 bits per heavy atom. The number of hydrogen-bond donors (Lipinski definition) is 2. The molecule has 4 aromatic rings. The van der Waals surface area contributed by atoms with Gasteiger partial charge in [-0.2, -0.15) is 9.61 Å². The zero-order valence-electron chi connectivity index (χ0n) is 18.0. The first kappa shape index (κ1) is 23.5. The van der Waals surface area contributed by atoms with Gasteiger partial charge in [0, 0.05) is 30.3 Å². The summed E-state index contributed by atoms with van der Waals surface area (Å²) >= 11 is 5.67. The lowest BCUT2D eigenvalue weighted by atomic mass is 10.1. The summed E-state index contributed by atoms with van der Waals surface area (Å²) in [6, 6.07) is 17.4. The molecule has 0 atom stereocenters. The molecule has 4 rings (SSSR count). The minimum Gasteiger partial charge on any atom is -0.483 e. The molecule has 33 heavy (non-hydrogen) atoms. The number of hydrogen-bond acceptors (Lipinski definition) is 5. The van der Waals surface area contributed by atoms with E-state index >= 15 is 0 Å². The summed E-state index contributed by atoms with van der Waals surface area (Å²) in [5.74, 6) is 1.42. The number of alkyl halides is 1. The predicted octanol–water partition coefficient (Wildman–Crippen LogP) is 5.47. The van der Waals surface area contributed by atoms with Gasteiger partial charge in [-0.05, 0) is 75.6 Å². The van der Waals surface area contributed by atoms with Crippen molar-refractivity contribution in [3.63, 3.8) is 0 Å². The van der Waals surface area contributed by atoms with Crippen molar-refractivity contribution in [2.45, 2.75) is 13.3 Å². The highest BCUT2D eigenvalue weighted by molar-refractivity contribution is 14.1. The SMILES string of the molecule is Cc1ccccc1-c1cc(NCCCNC(=O)c2cccc(OCI)c2)n2ncc(Br)c2n1. The number of nitrogens with one attached hydrogen (secondary N) is 2. The molecule has 0 fully saturated rings. The molecule has 1 amide bonds. The number of rotatable bonds is 9. The topological polar surface area (TPSA) is 80.5 Å². The van der Waals surface area contributed by atoms with Crippen LogP contribution in [0.15, 0.2) is 65.3 Å². The van der Waals surface area contributed by atoms with E-state index in [4.69, 9.17) is 9.72 Å². The van der Waals surface area contributed by atoms with Gasteiger partial charge in [0.1, 0.15) is 16.2 Å². The zero-order chi connectivity index (χ0) is 23.2. The molecule has 0 aliphatic rings. The van der Waals surface area contributed by atoms with Gasteiger partial charge in [-0.3, -0.25) is 4.79 Å². The van der Waals surface area contributed by atoms with Gasteiger partial charge in [0.2, 0.25) is 0 Å². The molecule has 7 nitrogen and oxygen atoms in total. The molecule has 9 heteroatoms. The molecule has 0 unspecified atom stereocenters. The molecule has 0 radical (unpaired) electrons. The maximum atomic E-state index is 12.4. The van der Waals surface area contributed by atoms with Crippen molar-refractivity contribution in [3.8, 4) is 17.0 Å². The molecule has 2 N–H and O–H groups in total. The Hall–Kier alpha value is -2.66. The number of aryl methyl sites for hydroxylation is 1. The van der Waals surface area contributed by atoms with E-state index in [2.05, 4.69) is 73.3 Å². The molecule has 0 aliphatic heterocycles. The minimum absolute atomic E-state index is 0.113. The van der Waals surface area contributed by atoms with Gasteiger partial charge in [0.25, 0.3) is 5.91 Å². The summed E-state index contributed by atoms with van der Waals surface area (Å²) in [7, 11) is 0. The minimum atomic E-state index is -0.113. The van der Waals surface area contributed by atoms with Crippen molar-refractivity contribution in [2.24, 2.45) is 0 Å². The van der Waals surface area contributed by atoms with Gasteiger partial charge in [-0.1, -0.05) is 30.3 Å². The van der Waals surface area contributed by atoms with Crippen LogP contribution in [0.25, 0.3) is 16.9 Å². The standard InChI is InChI=1S/C24H23BrIN5O2/c1-16-6-2-3-9-19(16)21-13-22(31-23(30-21)20(25)14-29-31)27-10-5-11-28-24(32)17-7-4-8-18(12-17)33-15-26/h2-4,6-9,12-14,27H,5,10-11,15H2,1H3,(H,28,32). The Kier molecular flexibility index (Phi) is 7.81. The van der Waals surface area contributed by atoms with Gasteiger partial charge in [0.15, 0.2) is 5.65 Å². The number of aromatic nitrogens is 3. The lowest BCUT2D eigenvalue weighted by Gasteiger charge is -2.12. The third kappa shape index (κ3) is 5.64. The fourth-order valence-corrected chi connectivity index (χ4v) is 4.17. The maximum Gasteiger partial charge on any atom is 0.251 e. The number of nitrogens with zero attached hydrogens (tertiary/aromatic N) is 3. The van der Waals surface area contributed by atoms with Crippen LogP contribution in [0.4, 0.5) is 5.82 Å². The molecule has 170 valence electrons. The number of halogens is 2. The van der Waals surface area contributed by atoms with E-state index in [9.17, 15) is 4.79 Å². The first-order chi connectivity index (χ1) is 16.1. The van der Waals surface area contributed by atoms with Crippen LogP contribution in [0.5, 0.6) is 5.75 Å². The van der Waals surface area contributed by atoms with Gasteiger partial charge >= 0.3 is 0 Å². The van der Waals surface area contributed by atoms with E-state index < -0.39 is 0 Å². The van der Waals surface area contributed by atoms with Crippen molar-refractivity contribution >= 4 is 55.9 Å². The molecular weight excluding hydrogens is 597 g/mol. The van der Waals surface area contributed by atoms with Crippen LogP contribution in [-0.4, -0.2) is 38.2 Å². The average molecular weight is 620 g/mol. The van der Waals surface area contributed by atoms with Crippen LogP contribution in [-0.2, 0) is 0 Å². The highest BCUT2D eigenvalue weighted by atomic mass is 127. The van der Waals surface area contributed by atoms with Crippen LogP contribution in [0.1, 0.15) is 22.3 Å². The normalized spacial score (nSPS) is 10.9. The van der Waals surface area contributed by atoms with Gasteiger partial charge in [-0.25, -0.2) is 4.98 Å². The zero-order valence-corrected chi connectivity index (χ0v) is 21.8. The van der Waals surface area contributed by atoms with E-state index in [1.807, 2.05) is 30.3 Å². The molecule has 0 bridgehead atoms. The van der Waals surface area contributed by atoms with Crippen molar-refractivity contribution in [1.29, 1.82) is 0 Å². The van der Waals surface area contributed by atoms with E-state index in [1.165, 1.54) is 0 Å². The van der Waals surface area contributed by atoms with Gasteiger partial charge in [0.05, 0.1) is 16.4 Å². The van der Waals surface area contributed by atoms with Crippen molar-refractivity contribution in [1.82, 2.24) is 19.9 Å². The molecule has 0 saturated heterocycles. The summed E-state index contributed by atoms with van der Waals surface area (Å²) < 4.78 is 8.61. The lowest BCUT2D eigenvalue weighted by Crippen LogP contribution is -2.26. The highest BCUT2D eigenvalue weighted by Crippen LogP contribution is 2.27. The average Bonchev–Trinajstić information content (AvgIpc) is 3.20. The number of amides is 1. The van der Waals surface area contributed by atoms with Crippen LogP contribution in [0, 0.1) is 6.92 Å². The van der Waals surface area contributed by atoms with Crippen LogP contribution >= 0.6 is 38.5 Å². The Morgan fingerprint density at radius 1 is 1.15 bits per heavy atom. The summed E-state index contributed by atoms with van der Waals surface area (Å²) in [6.45, 7) is 3.29. The van der Waals surface area contributed by atoms with Crippen LogP contribution < -0.4 is 15.4 Å². The Balaban J connectivity index is 1.40. The van der Waals surface area contributed by atoms with E-state index in [-0.39, 0.29) is 5.91 Å². The van der Waals surface area contributed by atoms with Crippen molar-refractivity contribution in [2.75, 3.05) is 23.0 Å². The maximum absolute atomic E-state index is 12.4.